The minimum absolute atomic E-state index is 0.0423. The maximum Gasteiger partial charge on any atom is 0.410 e. The van der Waals surface area contributed by atoms with Crippen LogP contribution in [0.4, 0.5) is 4.79 Å². The number of carboxylic acids is 1. The highest BCUT2D eigenvalue weighted by molar-refractivity contribution is 8.13. The summed E-state index contributed by atoms with van der Waals surface area (Å²) < 4.78 is 5.51. The first-order chi connectivity index (χ1) is 12.5. The SMILES string of the molecule is CC(=O)SCC(C)C(=O)N1C[C@H](OC(=O)N(C(C)C)C(C)C)C[C@H]1C(=O)O. The quantitative estimate of drug-likeness (QED) is 0.696. The van der Waals surface area contributed by atoms with Crippen LogP contribution in [0.2, 0.25) is 0 Å². The van der Waals surface area contributed by atoms with Gasteiger partial charge in [0.1, 0.15) is 12.1 Å². The fraction of sp³-hybridized carbons (Fsp3) is 0.778. The van der Waals surface area contributed by atoms with Crippen molar-refractivity contribution in [2.75, 3.05) is 12.3 Å². The minimum Gasteiger partial charge on any atom is -0.480 e. The summed E-state index contributed by atoms with van der Waals surface area (Å²) in [5.74, 6) is -1.69. The molecule has 1 saturated heterocycles. The second kappa shape index (κ2) is 9.96. The molecule has 1 aliphatic heterocycles. The number of nitrogens with zero attached hydrogens (tertiary/aromatic N) is 2. The molecule has 154 valence electrons. The van der Waals surface area contributed by atoms with Crippen LogP contribution in [0.3, 0.4) is 0 Å². The Hall–Kier alpha value is -1.77. The van der Waals surface area contributed by atoms with E-state index in [-0.39, 0.29) is 41.8 Å². The van der Waals surface area contributed by atoms with Crippen molar-refractivity contribution < 1.29 is 29.0 Å². The lowest BCUT2D eigenvalue weighted by Crippen LogP contribution is -2.45. The van der Waals surface area contributed by atoms with Crippen LogP contribution in [0.25, 0.3) is 0 Å². The lowest BCUT2D eigenvalue weighted by atomic mass is 10.1. The molecule has 1 unspecified atom stereocenters. The third-order valence-corrected chi connectivity index (χ3v) is 5.45. The Bertz CT molecular complexity index is 572. The molecule has 0 aromatic carbocycles. The van der Waals surface area contributed by atoms with Crippen molar-refractivity contribution in [3.8, 4) is 0 Å². The van der Waals surface area contributed by atoms with E-state index in [2.05, 4.69) is 0 Å². The van der Waals surface area contributed by atoms with Gasteiger partial charge in [0.2, 0.25) is 5.91 Å². The number of carbonyl (C=O) groups excluding carboxylic acids is 3. The molecular weight excluding hydrogens is 372 g/mol. The predicted molar refractivity (Wildman–Crippen MR) is 102 cm³/mol. The maximum absolute atomic E-state index is 12.6. The van der Waals surface area contributed by atoms with Crippen molar-refractivity contribution in [3.05, 3.63) is 0 Å². The molecule has 0 spiro atoms. The van der Waals surface area contributed by atoms with Crippen LogP contribution in [0.1, 0.15) is 48.0 Å². The van der Waals surface area contributed by atoms with E-state index in [1.807, 2.05) is 27.7 Å². The first-order valence-corrected chi connectivity index (χ1v) is 10.1. The molecule has 3 atom stereocenters. The van der Waals surface area contributed by atoms with Gasteiger partial charge in [-0.2, -0.15) is 0 Å². The van der Waals surface area contributed by atoms with Gasteiger partial charge in [-0.3, -0.25) is 9.59 Å². The lowest BCUT2D eigenvalue weighted by molar-refractivity contribution is -0.149. The molecule has 27 heavy (non-hydrogen) atoms. The van der Waals surface area contributed by atoms with Gasteiger partial charge in [-0.25, -0.2) is 9.59 Å². The van der Waals surface area contributed by atoms with E-state index in [0.29, 0.717) is 0 Å². The van der Waals surface area contributed by atoms with E-state index in [4.69, 9.17) is 4.74 Å². The van der Waals surface area contributed by atoms with Crippen LogP contribution in [-0.4, -0.2) is 74.5 Å². The van der Waals surface area contributed by atoms with Crippen molar-refractivity contribution in [2.24, 2.45) is 5.92 Å². The van der Waals surface area contributed by atoms with E-state index >= 15 is 0 Å². The van der Waals surface area contributed by atoms with E-state index in [0.717, 1.165) is 11.8 Å². The molecule has 0 saturated carbocycles. The Morgan fingerprint density at radius 3 is 2.15 bits per heavy atom. The van der Waals surface area contributed by atoms with Crippen LogP contribution < -0.4 is 0 Å². The zero-order valence-electron chi connectivity index (χ0n) is 16.8. The second-order valence-corrected chi connectivity index (χ2v) is 8.58. The van der Waals surface area contributed by atoms with Crippen LogP contribution in [-0.2, 0) is 19.1 Å². The Labute approximate surface area is 164 Å². The predicted octanol–water partition coefficient (Wildman–Crippen LogP) is 2.21. The van der Waals surface area contributed by atoms with Crippen molar-refractivity contribution in [3.63, 3.8) is 0 Å². The Morgan fingerprint density at radius 1 is 1.15 bits per heavy atom. The number of carbonyl (C=O) groups is 4. The minimum atomic E-state index is -1.13. The van der Waals surface area contributed by atoms with Gasteiger partial charge in [-0.1, -0.05) is 18.7 Å². The molecule has 1 rings (SSSR count). The second-order valence-electron chi connectivity index (χ2n) is 7.38. The van der Waals surface area contributed by atoms with Crippen molar-refractivity contribution in [1.82, 2.24) is 9.80 Å². The standard InChI is InChI=1S/C18H30N2O6S/c1-10(2)20(11(3)4)18(25)26-14-7-15(17(23)24)19(8-14)16(22)12(5)9-27-13(6)21/h10-12,14-15H,7-9H2,1-6H3,(H,23,24)/t12?,14-,15+/m1/s1. The number of likely N-dealkylation sites (tertiary alicyclic amines) is 1. The first-order valence-electron chi connectivity index (χ1n) is 9.11. The highest BCUT2D eigenvalue weighted by atomic mass is 32.2. The third kappa shape index (κ3) is 6.41. The van der Waals surface area contributed by atoms with Gasteiger partial charge in [0, 0.05) is 37.1 Å². The molecule has 1 N–H and O–H groups in total. The summed E-state index contributed by atoms with van der Waals surface area (Å²) in [6.45, 7) is 10.6. The molecule has 8 nitrogen and oxygen atoms in total. The smallest absolute Gasteiger partial charge is 0.410 e. The molecule has 0 aliphatic carbocycles. The normalized spacial score (nSPS) is 20.7. The van der Waals surface area contributed by atoms with Crippen LogP contribution in [0.15, 0.2) is 0 Å². The average molecular weight is 403 g/mol. The van der Waals surface area contributed by atoms with Gasteiger partial charge in [0.25, 0.3) is 0 Å². The van der Waals surface area contributed by atoms with Gasteiger partial charge >= 0.3 is 12.1 Å². The maximum atomic E-state index is 12.6. The number of hydrogen-bond acceptors (Lipinski definition) is 6. The topological polar surface area (TPSA) is 104 Å². The van der Waals surface area contributed by atoms with Crippen molar-refractivity contribution >= 4 is 34.8 Å². The van der Waals surface area contributed by atoms with E-state index in [9.17, 15) is 24.3 Å². The summed E-state index contributed by atoms with van der Waals surface area (Å²) in [4.78, 5) is 50.6. The van der Waals surface area contributed by atoms with Crippen molar-refractivity contribution in [2.45, 2.75) is 72.2 Å². The fourth-order valence-corrected chi connectivity index (χ4v) is 3.81. The van der Waals surface area contributed by atoms with Gasteiger partial charge in [0.15, 0.2) is 5.12 Å². The lowest BCUT2D eigenvalue weighted by Gasteiger charge is -2.31. The molecule has 0 radical (unpaired) electrons. The highest BCUT2D eigenvalue weighted by Crippen LogP contribution is 2.25. The Kier molecular flexibility index (Phi) is 8.59. The third-order valence-electron chi connectivity index (χ3n) is 4.38. The summed E-state index contributed by atoms with van der Waals surface area (Å²) in [5.41, 5.74) is 0. The zero-order chi connectivity index (χ0) is 20.9. The van der Waals surface area contributed by atoms with Gasteiger partial charge in [-0.05, 0) is 27.7 Å². The molecule has 9 heteroatoms. The molecular formula is C18H30N2O6S. The van der Waals surface area contributed by atoms with Crippen LogP contribution in [0.5, 0.6) is 0 Å². The Balaban J connectivity index is 2.82. The van der Waals surface area contributed by atoms with Gasteiger partial charge in [0.05, 0.1) is 6.54 Å². The Morgan fingerprint density at radius 2 is 1.70 bits per heavy atom. The number of rotatable bonds is 7. The van der Waals surface area contributed by atoms with Gasteiger partial charge < -0.3 is 19.6 Å². The zero-order valence-corrected chi connectivity index (χ0v) is 17.6. The summed E-state index contributed by atoms with van der Waals surface area (Å²) in [5, 5.41) is 9.37. The number of amides is 2. The summed E-state index contributed by atoms with van der Waals surface area (Å²) in [6.07, 6.45) is -1.12. The van der Waals surface area contributed by atoms with E-state index in [1.54, 1.807) is 11.8 Å². The first kappa shape index (κ1) is 23.3. The molecule has 0 aromatic heterocycles. The molecule has 1 heterocycles. The average Bonchev–Trinajstić information content (AvgIpc) is 2.94. The number of ether oxygens (including phenoxy) is 1. The molecule has 2 amide bonds. The molecule has 0 bridgehead atoms. The molecule has 1 aliphatic rings. The number of aliphatic carboxylic acids is 1. The molecule has 0 aromatic rings. The number of hydrogen-bond donors (Lipinski definition) is 1. The largest absolute Gasteiger partial charge is 0.480 e. The number of thioether (sulfide) groups is 1. The monoisotopic (exact) mass is 402 g/mol. The number of carboxylic acid groups (broad SMARTS) is 1. The summed E-state index contributed by atoms with van der Waals surface area (Å²) in [6, 6.07) is -1.15. The molecule has 1 fully saturated rings. The van der Waals surface area contributed by atoms with E-state index in [1.165, 1.54) is 11.8 Å². The summed E-state index contributed by atoms with van der Waals surface area (Å²) >= 11 is 1.03. The van der Waals surface area contributed by atoms with Crippen LogP contribution >= 0.6 is 11.8 Å². The highest BCUT2D eigenvalue weighted by Gasteiger charge is 2.43. The van der Waals surface area contributed by atoms with E-state index < -0.39 is 30.1 Å². The van der Waals surface area contributed by atoms with Crippen LogP contribution in [0, 0.1) is 5.92 Å². The van der Waals surface area contributed by atoms with Crippen molar-refractivity contribution in [1.29, 1.82) is 0 Å². The fourth-order valence-electron chi connectivity index (χ4n) is 3.18. The van der Waals surface area contributed by atoms with Gasteiger partial charge in [-0.15, -0.1) is 0 Å². The summed E-state index contributed by atoms with van der Waals surface area (Å²) in [7, 11) is 0.